The van der Waals surface area contributed by atoms with Gasteiger partial charge in [-0.3, -0.25) is 19.3 Å². The van der Waals surface area contributed by atoms with Gasteiger partial charge in [0.2, 0.25) is 11.8 Å². The van der Waals surface area contributed by atoms with Crippen LogP contribution in [0.3, 0.4) is 0 Å². The summed E-state index contributed by atoms with van der Waals surface area (Å²) in [6.07, 6.45) is 0.643. The topological polar surface area (TPSA) is 66.5 Å². The van der Waals surface area contributed by atoms with Crippen LogP contribution >= 0.6 is 0 Å². The molecule has 0 aromatic carbocycles. The summed E-state index contributed by atoms with van der Waals surface area (Å²) in [5.41, 5.74) is 0.349. The van der Waals surface area contributed by atoms with Gasteiger partial charge in [0.05, 0.1) is 0 Å². The van der Waals surface area contributed by atoms with Crippen molar-refractivity contribution in [1.29, 1.82) is 0 Å². The molecule has 1 aliphatic rings. The number of rotatable bonds is 2. The highest BCUT2D eigenvalue weighted by molar-refractivity contribution is 6.03. The quantitative estimate of drug-likeness (QED) is 0.508. The molecule has 15 heavy (non-hydrogen) atoms. The fraction of sp³-hybridized carbons (Fsp3) is 0.500. The second-order valence-corrected chi connectivity index (χ2v) is 3.64. The van der Waals surface area contributed by atoms with Gasteiger partial charge in [-0.2, -0.15) is 0 Å². The summed E-state index contributed by atoms with van der Waals surface area (Å²) >= 11 is 0. The summed E-state index contributed by atoms with van der Waals surface area (Å²) in [4.78, 5) is 35.0. The lowest BCUT2D eigenvalue weighted by atomic mass is 10.0. The predicted octanol–water partition coefficient (Wildman–Crippen LogP) is -0.174. The molecular formula is C10H14N2O3. The van der Waals surface area contributed by atoms with Gasteiger partial charge in [-0.25, -0.2) is 0 Å². The third-order valence-electron chi connectivity index (χ3n) is 2.34. The first-order valence-electron chi connectivity index (χ1n) is 4.70. The Morgan fingerprint density at radius 1 is 1.53 bits per heavy atom. The normalized spacial score (nSPS) is 21.5. The lowest BCUT2D eigenvalue weighted by molar-refractivity contribution is -0.149. The molecule has 1 saturated heterocycles. The summed E-state index contributed by atoms with van der Waals surface area (Å²) < 4.78 is 0. The van der Waals surface area contributed by atoms with Crippen molar-refractivity contribution in [3.8, 4) is 0 Å². The molecule has 0 saturated carbocycles. The van der Waals surface area contributed by atoms with E-state index in [1.807, 2.05) is 0 Å². The van der Waals surface area contributed by atoms with Crippen LogP contribution in [0, 0.1) is 0 Å². The maximum absolute atomic E-state index is 11.6. The molecular weight excluding hydrogens is 196 g/mol. The van der Waals surface area contributed by atoms with Gasteiger partial charge in [0.1, 0.15) is 6.04 Å². The molecule has 0 radical (unpaired) electrons. The van der Waals surface area contributed by atoms with E-state index in [4.69, 9.17) is 0 Å². The Balaban J connectivity index is 2.65. The van der Waals surface area contributed by atoms with Crippen LogP contribution in [0.4, 0.5) is 0 Å². The average Bonchev–Trinajstić information content (AvgIpc) is 2.18. The van der Waals surface area contributed by atoms with Crippen LogP contribution < -0.4 is 5.32 Å². The van der Waals surface area contributed by atoms with E-state index in [1.54, 1.807) is 6.92 Å². The fourth-order valence-electron chi connectivity index (χ4n) is 1.33. The van der Waals surface area contributed by atoms with E-state index < -0.39 is 6.04 Å². The SMILES string of the molecule is C=C(C)C(=O)NC1CCC(=O)N(C)C1=O. The first-order valence-corrected chi connectivity index (χ1v) is 4.70. The number of piperidine rings is 1. The molecule has 0 aromatic heterocycles. The standard InChI is InChI=1S/C10H14N2O3/c1-6(2)9(14)11-7-4-5-8(13)12(3)10(7)15/h7H,1,4-5H2,2-3H3,(H,11,14). The molecule has 1 fully saturated rings. The van der Waals surface area contributed by atoms with Crippen LogP contribution in [-0.4, -0.2) is 35.7 Å². The molecule has 1 heterocycles. The number of likely N-dealkylation sites (tertiary alicyclic amines) is 1. The summed E-state index contributed by atoms with van der Waals surface area (Å²) in [6, 6.07) is -0.600. The fourth-order valence-corrected chi connectivity index (χ4v) is 1.33. The van der Waals surface area contributed by atoms with Crippen LogP contribution in [0.15, 0.2) is 12.2 Å². The third kappa shape index (κ3) is 2.43. The lowest BCUT2D eigenvalue weighted by Crippen LogP contribution is -2.53. The number of hydrogen-bond acceptors (Lipinski definition) is 3. The van der Waals surface area contributed by atoms with Gasteiger partial charge < -0.3 is 5.32 Å². The second-order valence-electron chi connectivity index (χ2n) is 3.64. The van der Waals surface area contributed by atoms with Crippen LogP contribution in [0.2, 0.25) is 0 Å². The zero-order valence-corrected chi connectivity index (χ0v) is 8.87. The molecule has 1 unspecified atom stereocenters. The number of imide groups is 1. The molecule has 0 bridgehead atoms. The summed E-state index contributed by atoms with van der Waals surface area (Å²) in [6.45, 7) is 5.04. The Morgan fingerprint density at radius 2 is 2.13 bits per heavy atom. The van der Waals surface area contributed by atoms with Gasteiger partial charge in [-0.1, -0.05) is 6.58 Å². The minimum atomic E-state index is -0.600. The highest BCUT2D eigenvalue weighted by atomic mass is 16.2. The molecule has 82 valence electrons. The van der Waals surface area contributed by atoms with Crippen LogP contribution in [0.5, 0.6) is 0 Å². The van der Waals surface area contributed by atoms with Crippen molar-refractivity contribution in [3.63, 3.8) is 0 Å². The second kappa shape index (κ2) is 4.25. The van der Waals surface area contributed by atoms with Crippen LogP contribution in [-0.2, 0) is 14.4 Å². The van der Waals surface area contributed by atoms with Gasteiger partial charge in [-0.05, 0) is 13.3 Å². The molecule has 1 rings (SSSR count). The van der Waals surface area contributed by atoms with Crippen molar-refractivity contribution in [2.45, 2.75) is 25.8 Å². The van der Waals surface area contributed by atoms with Gasteiger partial charge in [0.25, 0.3) is 5.91 Å². The van der Waals surface area contributed by atoms with Gasteiger partial charge in [-0.15, -0.1) is 0 Å². The van der Waals surface area contributed by atoms with Gasteiger partial charge >= 0.3 is 0 Å². The van der Waals surface area contributed by atoms with E-state index in [2.05, 4.69) is 11.9 Å². The maximum Gasteiger partial charge on any atom is 0.251 e. The minimum absolute atomic E-state index is 0.208. The zero-order chi connectivity index (χ0) is 11.6. The molecule has 5 nitrogen and oxygen atoms in total. The van der Waals surface area contributed by atoms with E-state index in [1.165, 1.54) is 7.05 Å². The molecule has 0 aliphatic carbocycles. The molecule has 1 N–H and O–H groups in total. The highest BCUT2D eigenvalue weighted by Crippen LogP contribution is 2.11. The van der Waals surface area contributed by atoms with Crippen LogP contribution in [0.1, 0.15) is 19.8 Å². The zero-order valence-electron chi connectivity index (χ0n) is 8.87. The summed E-state index contributed by atoms with van der Waals surface area (Å²) in [5.74, 6) is -0.919. The first kappa shape index (κ1) is 11.4. The molecule has 1 aliphatic heterocycles. The van der Waals surface area contributed by atoms with Crippen molar-refractivity contribution in [2.24, 2.45) is 0 Å². The van der Waals surface area contributed by atoms with Crippen molar-refractivity contribution in [3.05, 3.63) is 12.2 Å². The molecule has 1 atom stereocenters. The Bertz CT molecular complexity index is 336. The van der Waals surface area contributed by atoms with E-state index >= 15 is 0 Å². The third-order valence-corrected chi connectivity index (χ3v) is 2.34. The van der Waals surface area contributed by atoms with Gasteiger partial charge in [0, 0.05) is 19.0 Å². The highest BCUT2D eigenvalue weighted by Gasteiger charge is 2.32. The molecule has 0 spiro atoms. The number of likely N-dealkylation sites (N-methyl/N-ethyl adjacent to an activating group) is 1. The predicted molar refractivity (Wildman–Crippen MR) is 53.8 cm³/mol. The van der Waals surface area contributed by atoms with Crippen molar-refractivity contribution in [1.82, 2.24) is 10.2 Å². The molecule has 0 aromatic rings. The Hall–Kier alpha value is -1.65. The Labute approximate surface area is 88.1 Å². The summed E-state index contributed by atoms with van der Waals surface area (Å²) in [7, 11) is 1.42. The van der Waals surface area contributed by atoms with E-state index in [0.717, 1.165) is 4.90 Å². The van der Waals surface area contributed by atoms with Crippen LogP contribution in [0.25, 0.3) is 0 Å². The smallest absolute Gasteiger partial charge is 0.251 e. The largest absolute Gasteiger partial charge is 0.341 e. The maximum atomic E-state index is 11.6. The number of nitrogens with zero attached hydrogens (tertiary/aromatic N) is 1. The number of hydrogen-bond donors (Lipinski definition) is 1. The number of carbonyl (C=O) groups is 3. The Morgan fingerprint density at radius 3 is 2.67 bits per heavy atom. The number of carbonyl (C=O) groups excluding carboxylic acids is 3. The summed E-state index contributed by atoms with van der Waals surface area (Å²) in [5, 5.41) is 2.54. The Kier molecular flexibility index (Phi) is 3.24. The van der Waals surface area contributed by atoms with E-state index in [0.29, 0.717) is 12.0 Å². The monoisotopic (exact) mass is 210 g/mol. The van der Waals surface area contributed by atoms with Gasteiger partial charge in [0.15, 0.2) is 0 Å². The molecule has 5 heteroatoms. The lowest BCUT2D eigenvalue weighted by Gasteiger charge is -2.28. The minimum Gasteiger partial charge on any atom is -0.341 e. The number of nitrogens with one attached hydrogen (secondary N) is 1. The molecule has 3 amide bonds. The van der Waals surface area contributed by atoms with E-state index in [-0.39, 0.29) is 24.1 Å². The van der Waals surface area contributed by atoms with Crippen molar-refractivity contribution >= 4 is 17.7 Å². The first-order chi connectivity index (χ1) is 6.93. The van der Waals surface area contributed by atoms with Crippen molar-refractivity contribution < 1.29 is 14.4 Å². The van der Waals surface area contributed by atoms with Crippen molar-refractivity contribution in [2.75, 3.05) is 7.05 Å². The van der Waals surface area contributed by atoms with E-state index in [9.17, 15) is 14.4 Å². The average molecular weight is 210 g/mol. The number of amides is 3.